The van der Waals surface area contributed by atoms with Crippen LogP contribution in [0.1, 0.15) is 17.1 Å². The summed E-state index contributed by atoms with van der Waals surface area (Å²) in [5.41, 5.74) is 5.91. The van der Waals surface area contributed by atoms with E-state index in [1.54, 1.807) is 19.9 Å². The summed E-state index contributed by atoms with van der Waals surface area (Å²) in [6.45, 7) is 3.59. The molecule has 0 unspecified atom stereocenters. The van der Waals surface area contributed by atoms with Crippen LogP contribution in [0.25, 0.3) is 0 Å². The molecule has 2 aromatic heterocycles. The zero-order valence-corrected chi connectivity index (χ0v) is 10.1. The van der Waals surface area contributed by atoms with Gasteiger partial charge in [0.05, 0.1) is 6.54 Å². The first-order valence-corrected chi connectivity index (χ1v) is 5.36. The lowest BCUT2D eigenvalue weighted by Gasteiger charge is -2.06. The molecule has 0 aliphatic carbocycles. The number of rotatable bonds is 2. The number of nitrogens with one attached hydrogen (secondary N) is 1. The SMILES string of the molecule is Cc1cc(N)nc(Cn2cc(C)c(=O)[nH]c2=O)n1. The van der Waals surface area contributed by atoms with Crippen molar-refractivity contribution in [3.8, 4) is 0 Å². The van der Waals surface area contributed by atoms with Crippen molar-refractivity contribution in [2.24, 2.45) is 0 Å². The molecule has 0 spiro atoms. The largest absolute Gasteiger partial charge is 0.384 e. The van der Waals surface area contributed by atoms with Crippen LogP contribution in [-0.4, -0.2) is 19.5 Å². The third-order valence-electron chi connectivity index (χ3n) is 2.42. The van der Waals surface area contributed by atoms with Crippen LogP contribution >= 0.6 is 0 Å². The van der Waals surface area contributed by atoms with Crippen LogP contribution in [0.15, 0.2) is 21.9 Å². The van der Waals surface area contributed by atoms with Crippen molar-refractivity contribution in [1.82, 2.24) is 19.5 Å². The van der Waals surface area contributed by atoms with Gasteiger partial charge in [-0.3, -0.25) is 14.3 Å². The van der Waals surface area contributed by atoms with Crippen LogP contribution in [0.3, 0.4) is 0 Å². The third-order valence-corrected chi connectivity index (χ3v) is 2.42. The van der Waals surface area contributed by atoms with E-state index in [0.717, 1.165) is 5.69 Å². The normalized spacial score (nSPS) is 10.6. The first-order chi connectivity index (χ1) is 8.45. The third kappa shape index (κ3) is 2.45. The molecule has 0 aromatic carbocycles. The van der Waals surface area contributed by atoms with Gasteiger partial charge in [-0.15, -0.1) is 0 Å². The number of hydrogen-bond acceptors (Lipinski definition) is 5. The molecule has 18 heavy (non-hydrogen) atoms. The highest BCUT2D eigenvalue weighted by atomic mass is 16.2. The van der Waals surface area contributed by atoms with Crippen molar-refractivity contribution in [1.29, 1.82) is 0 Å². The fourth-order valence-electron chi connectivity index (χ4n) is 1.62. The van der Waals surface area contributed by atoms with Gasteiger partial charge in [0.15, 0.2) is 5.82 Å². The predicted molar refractivity (Wildman–Crippen MR) is 66.3 cm³/mol. The highest BCUT2D eigenvalue weighted by Crippen LogP contribution is 2.02. The number of nitrogen functional groups attached to an aromatic ring is 1. The second-order valence-electron chi connectivity index (χ2n) is 4.05. The van der Waals surface area contributed by atoms with Crippen LogP contribution in [0.5, 0.6) is 0 Å². The van der Waals surface area contributed by atoms with Gasteiger partial charge in [-0.2, -0.15) is 0 Å². The summed E-state index contributed by atoms with van der Waals surface area (Å²) in [5, 5.41) is 0. The lowest BCUT2D eigenvalue weighted by molar-refractivity contribution is 0.679. The minimum atomic E-state index is -0.491. The number of H-pyrrole nitrogens is 1. The first kappa shape index (κ1) is 12.0. The van der Waals surface area contributed by atoms with Crippen LogP contribution in [0, 0.1) is 13.8 Å². The molecular weight excluding hydrogens is 234 g/mol. The van der Waals surface area contributed by atoms with Gasteiger partial charge in [-0.1, -0.05) is 0 Å². The summed E-state index contributed by atoms with van der Waals surface area (Å²) >= 11 is 0. The average Bonchev–Trinajstić information content (AvgIpc) is 2.24. The van der Waals surface area contributed by atoms with Crippen molar-refractivity contribution < 1.29 is 0 Å². The van der Waals surface area contributed by atoms with Crippen molar-refractivity contribution >= 4 is 5.82 Å². The van der Waals surface area contributed by atoms with E-state index in [2.05, 4.69) is 15.0 Å². The standard InChI is InChI=1S/C11H13N5O2/c1-6-4-16(11(18)15-10(6)17)5-9-13-7(2)3-8(12)14-9/h3-4H,5H2,1-2H3,(H2,12,13,14)(H,15,17,18). The Kier molecular flexibility index (Phi) is 2.97. The van der Waals surface area contributed by atoms with Gasteiger partial charge < -0.3 is 5.73 Å². The molecule has 0 bridgehead atoms. The van der Waals surface area contributed by atoms with Crippen LogP contribution in [-0.2, 0) is 6.54 Å². The minimum absolute atomic E-state index is 0.169. The predicted octanol–water partition coefficient (Wildman–Crippen LogP) is -0.426. The number of nitrogens with two attached hydrogens (primary N) is 1. The number of aromatic nitrogens is 4. The van der Waals surface area contributed by atoms with E-state index in [0.29, 0.717) is 17.2 Å². The number of anilines is 1. The van der Waals surface area contributed by atoms with E-state index in [1.165, 1.54) is 10.8 Å². The van der Waals surface area contributed by atoms with E-state index in [4.69, 9.17) is 5.73 Å². The topological polar surface area (TPSA) is 107 Å². The number of hydrogen-bond donors (Lipinski definition) is 2. The van der Waals surface area contributed by atoms with Gasteiger partial charge in [-0.25, -0.2) is 14.8 Å². The van der Waals surface area contributed by atoms with Gasteiger partial charge in [0.2, 0.25) is 0 Å². The van der Waals surface area contributed by atoms with Crippen molar-refractivity contribution in [3.05, 3.63) is 50.2 Å². The van der Waals surface area contributed by atoms with Crippen LogP contribution in [0.2, 0.25) is 0 Å². The molecule has 0 atom stereocenters. The quantitative estimate of drug-likeness (QED) is 0.749. The van der Waals surface area contributed by atoms with Gasteiger partial charge in [0.25, 0.3) is 5.56 Å². The molecule has 7 nitrogen and oxygen atoms in total. The molecule has 7 heteroatoms. The Morgan fingerprint density at radius 3 is 2.72 bits per heavy atom. The van der Waals surface area contributed by atoms with Crippen molar-refractivity contribution in [2.45, 2.75) is 20.4 Å². The van der Waals surface area contributed by atoms with Gasteiger partial charge in [0.1, 0.15) is 5.82 Å². The van der Waals surface area contributed by atoms with Crippen LogP contribution in [0.4, 0.5) is 5.82 Å². The van der Waals surface area contributed by atoms with Crippen LogP contribution < -0.4 is 17.0 Å². The van der Waals surface area contributed by atoms with Gasteiger partial charge in [-0.05, 0) is 13.8 Å². The highest BCUT2D eigenvalue weighted by Gasteiger charge is 2.05. The highest BCUT2D eigenvalue weighted by molar-refractivity contribution is 5.29. The maximum Gasteiger partial charge on any atom is 0.328 e. The first-order valence-electron chi connectivity index (χ1n) is 5.36. The zero-order chi connectivity index (χ0) is 13.3. The molecule has 0 amide bonds. The molecule has 0 aliphatic rings. The molecule has 2 heterocycles. The minimum Gasteiger partial charge on any atom is -0.384 e. The average molecular weight is 247 g/mol. The van der Waals surface area contributed by atoms with E-state index in [9.17, 15) is 9.59 Å². The Balaban J connectivity index is 2.43. The summed E-state index contributed by atoms with van der Waals surface area (Å²) in [5.74, 6) is 0.785. The summed E-state index contributed by atoms with van der Waals surface area (Å²) < 4.78 is 1.34. The Labute approximate surface area is 102 Å². The van der Waals surface area contributed by atoms with Crippen molar-refractivity contribution in [3.63, 3.8) is 0 Å². The fourth-order valence-corrected chi connectivity index (χ4v) is 1.62. The van der Waals surface area contributed by atoms with Gasteiger partial charge in [0, 0.05) is 23.5 Å². The molecule has 2 aromatic rings. The molecular formula is C11H13N5O2. The lowest BCUT2D eigenvalue weighted by Crippen LogP contribution is -2.31. The fraction of sp³-hybridized carbons (Fsp3) is 0.273. The van der Waals surface area contributed by atoms with Gasteiger partial charge >= 0.3 is 5.69 Å². The summed E-state index contributed by atoms with van der Waals surface area (Å²) in [6.07, 6.45) is 1.48. The smallest absolute Gasteiger partial charge is 0.328 e. The molecule has 2 rings (SSSR count). The Bertz CT molecular complexity index is 681. The zero-order valence-electron chi connectivity index (χ0n) is 10.1. The monoisotopic (exact) mass is 247 g/mol. The molecule has 0 aliphatic heterocycles. The number of aryl methyl sites for hydroxylation is 2. The molecule has 0 saturated carbocycles. The molecule has 0 radical (unpaired) electrons. The van der Waals surface area contributed by atoms with E-state index in [-0.39, 0.29) is 12.1 Å². The summed E-state index contributed by atoms with van der Waals surface area (Å²) in [6, 6.07) is 1.64. The summed E-state index contributed by atoms with van der Waals surface area (Å²) in [7, 11) is 0. The van der Waals surface area contributed by atoms with Crippen molar-refractivity contribution in [2.75, 3.05) is 5.73 Å². The Morgan fingerprint density at radius 1 is 1.33 bits per heavy atom. The maximum atomic E-state index is 11.6. The lowest BCUT2D eigenvalue weighted by atomic mass is 10.3. The summed E-state index contributed by atoms with van der Waals surface area (Å²) in [4.78, 5) is 33.3. The number of nitrogens with zero attached hydrogens (tertiary/aromatic N) is 3. The number of aromatic amines is 1. The maximum absolute atomic E-state index is 11.6. The Hall–Kier alpha value is -2.44. The molecule has 94 valence electrons. The van der Waals surface area contributed by atoms with E-state index in [1.807, 2.05) is 0 Å². The molecule has 0 fully saturated rings. The second kappa shape index (κ2) is 4.44. The second-order valence-corrected chi connectivity index (χ2v) is 4.05. The molecule has 0 saturated heterocycles. The van der Waals surface area contributed by atoms with E-state index < -0.39 is 5.69 Å². The van der Waals surface area contributed by atoms with E-state index >= 15 is 0 Å². The Morgan fingerprint density at radius 2 is 2.06 bits per heavy atom. The molecule has 3 N–H and O–H groups in total.